The van der Waals surface area contributed by atoms with Gasteiger partial charge in [-0.15, -0.1) is 0 Å². The lowest BCUT2D eigenvalue weighted by molar-refractivity contribution is -0.126. The summed E-state index contributed by atoms with van der Waals surface area (Å²) < 4.78 is 16.1. The first-order valence-electron chi connectivity index (χ1n) is 11.3. The maximum atomic E-state index is 13.2. The van der Waals surface area contributed by atoms with Gasteiger partial charge in [0, 0.05) is 30.3 Å². The number of amides is 2. The van der Waals surface area contributed by atoms with Crippen molar-refractivity contribution in [3.8, 4) is 17.6 Å². The number of nitriles is 1. The fraction of sp³-hybridized carbons (Fsp3) is 0.385. The van der Waals surface area contributed by atoms with E-state index in [1.807, 2.05) is 19.1 Å². The highest BCUT2D eigenvalue weighted by atomic mass is 16.5. The molecule has 184 valence electrons. The topological polar surface area (TPSA) is 118 Å². The maximum absolute atomic E-state index is 13.2. The lowest BCUT2D eigenvalue weighted by Gasteiger charge is -2.25. The van der Waals surface area contributed by atoms with E-state index in [-0.39, 0.29) is 47.7 Å². The first kappa shape index (κ1) is 25.6. The van der Waals surface area contributed by atoms with Gasteiger partial charge in [-0.1, -0.05) is 25.1 Å². The number of hydrogen-bond donors (Lipinski definition) is 1. The zero-order chi connectivity index (χ0) is 25.5. The molecule has 3 unspecified atom stereocenters. The van der Waals surface area contributed by atoms with E-state index >= 15 is 0 Å². The molecule has 2 aromatic rings. The number of rotatable bonds is 10. The van der Waals surface area contributed by atoms with Crippen LogP contribution < -0.4 is 19.7 Å². The molecule has 1 N–H and O–H groups in total. The van der Waals surface area contributed by atoms with Gasteiger partial charge in [-0.25, -0.2) is 4.79 Å². The predicted molar refractivity (Wildman–Crippen MR) is 129 cm³/mol. The molecule has 1 aliphatic rings. The molecule has 0 aliphatic heterocycles. The summed E-state index contributed by atoms with van der Waals surface area (Å²) in [6, 6.07) is 13.8. The first-order valence-corrected chi connectivity index (χ1v) is 11.3. The largest absolute Gasteiger partial charge is 0.493 e. The molecule has 0 aromatic heterocycles. The van der Waals surface area contributed by atoms with Crippen LogP contribution in [0.4, 0.5) is 11.4 Å². The molecule has 35 heavy (non-hydrogen) atoms. The minimum absolute atomic E-state index is 0.0345. The molecule has 3 atom stereocenters. The number of hydrogen-bond acceptors (Lipinski definition) is 7. The second-order valence-corrected chi connectivity index (χ2v) is 8.34. The fourth-order valence-electron chi connectivity index (χ4n) is 3.69. The van der Waals surface area contributed by atoms with Crippen molar-refractivity contribution in [2.45, 2.75) is 32.8 Å². The van der Waals surface area contributed by atoms with Crippen molar-refractivity contribution in [2.75, 3.05) is 31.0 Å². The molecular formula is C26H29N3O6. The van der Waals surface area contributed by atoms with Crippen molar-refractivity contribution in [2.24, 2.45) is 11.8 Å². The summed E-state index contributed by atoms with van der Waals surface area (Å²) in [4.78, 5) is 40.3. The summed E-state index contributed by atoms with van der Waals surface area (Å²) in [5, 5.41) is 11.8. The van der Waals surface area contributed by atoms with E-state index in [0.29, 0.717) is 11.4 Å². The van der Waals surface area contributed by atoms with E-state index in [1.54, 1.807) is 24.3 Å². The van der Waals surface area contributed by atoms with Crippen LogP contribution in [0.1, 0.15) is 37.0 Å². The number of anilines is 2. The average molecular weight is 480 g/mol. The van der Waals surface area contributed by atoms with Crippen molar-refractivity contribution in [1.29, 1.82) is 5.26 Å². The zero-order valence-electron chi connectivity index (χ0n) is 20.2. The molecule has 0 radical (unpaired) electrons. The van der Waals surface area contributed by atoms with E-state index in [1.165, 1.54) is 38.2 Å². The van der Waals surface area contributed by atoms with Gasteiger partial charge in [-0.2, -0.15) is 5.26 Å². The molecular weight excluding hydrogens is 450 g/mol. The zero-order valence-corrected chi connectivity index (χ0v) is 20.2. The van der Waals surface area contributed by atoms with Crippen LogP contribution in [0.3, 0.4) is 0 Å². The number of esters is 1. The van der Waals surface area contributed by atoms with Gasteiger partial charge in [0.1, 0.15) is 0 Å². The lowest BCUT2D eigenvalue weighted by Crippen LogP contribution is -2.40. The Morgan fingerprint density at radius 2 is 1.77 bits per heavy atom. The number of para-hydroxylation sites is 1. The molecule has 1 aliphatic carbocycles. The summed E-state index contributed by atoms with van der Waals surface area (Å²) in [5.41, 5.74) is 0.835. The molecule has 0 bridgehead atoms. The van der Waals surface area contributed by atoms with Crippen LogP contribution in [0.2, 0.25) is 0 Å². The number of benzene rings is 2. The highest BCUT2D eigenvalue weighted by Crippen LogP contribution is 2.40. The van der Waals surface area contributed by atoms with Gasteiger partial charge >= 0.3 is 5.97 Å². The van der Waals surface area contributed by atoms with Crippen LogP contribution in [0.15, 0.2) is 42.5 Å². The van der Waals surface area contributed by atoms with Gasteiger partial charge in [-0.3, -0.25) is 9.59 Å². The quantitative estimate of drug-likeness (QED) is 0.515. The van der Waals surface area contributed by atoms with Crippen molar-refractivity contribution >= 4 is 29.2 Å². The number of carbonyl (C=O) groups excluding carboxylic acids is 3. The minimum atomic E-state index is -1.15. The van der Waals surface area contributed by atoms with Gasteiger partial charge in [-0.05, 0) is 31.4 Å². The Hall–Kier alpha value is -4.06. The molecule has 0 spiro atoms. The Morgan fingerprint density at radius 1 is 1.14 bits per heavy atom. The second-order valence-electron chi connectivity index (χ2n) is 8.34. The van der Waals surface area contributed by atoms with Crippen molar-refractivity contribution in [3.63, 3.8) is 0 Å². The van der Waals surface area contributed by atoms with Gasteiger partial charge in [0.25, 0.3) is 5.91 Å². The normalized spacial score (nSPS) is 16.9. The molecule has 9 heteroatoms. The van der Waals surface area contributed by atoms with Crippen molar-refractivity contribution < 1.29 is 28.6 Å². The van der Waals surface area contributed by atoms with Gasteiger partial charge in [0.15, 0.2) is 17.6 Å². The van der Waals surface area contributed by atoms with Gasteiger partial charge in [0.2, 0.25) is 5.91 Å². The van der Waals surface area contributed by atoms with Crippen LogP contribution in [0.25, 0.3) is 0 Å². The van der Waals surface area contributed by atoms with E-state index in [2.05, 4.69) is 5.32 Å². The van der Waals surface area contributed by atoms with Crippen molar-refractivity contribution in [3.05, 3.63) is 48.0 Å². The molecule has 1 fully saturated rings. The SMILES string of the molecule is COc1cc(NC(=O)C2CC2C)c(C(=O)OC(C)C(=O)N(CCC#N)c2ccccc2)cc1OC. The number of nitrogens with one attached hydrogen (secondary N) is 1. The Balaban J connectivity index is 1.84. The molecule has 2 amide bonds. The Labute approximate surface area is 204 Å². The molecule has 3 rings (SSSR count). The predicted octanol–water partition coefficient (Wildman–Crippen LogP) is 3.79. The molecule has 0 saturated heterocycles. The average Bonchev–Trinajstić information content (AvgIpc) is 3.60. The number of carbonyl (C=O) groups is 3. The number of methoxy groups -OCH3 is 2. The van der Waals surface area contributed by atoms with E-state index in [0.717, 1.165) is 6.42 Å². The van der Waals surface area contributed by atoms with E-state index in [9.17, 15) is 14.4 Å². The van der Waals surface area contributed by atoms with Crippen LogP contribution in [0.5, 0.6) is 11.5 Å². The number of ether oxygens (including phenoxy) is 3. The third-order valence-electron chi connectivity index (χ3n) is 5.86. The highest BCUT2D eigenvalue weighted by Gasteiger charge is 2.39. The third-order valence-corrected chi connectivity index (χ3v) is 5.86. The van der Waals surface area contributed by atoms with Crippen LogP contribution in [0, 0.1) is 23.2 Å². The van der Waals surface area contributed by atoms with Gasteiger partial charge in [0.05, 0.1) is 38.0 Å². The first-order chi connectivity index (χ1) is 16.8. The summed E-state index contributed by atoms with van der Waals surface area (Å²) in [6.45, 7) is 3.60. The summed E-state index contributed by atoms with van der Waals surface area (Å²) in [5.74, 6) is -0.714. The molecule has 2 aromatic carbocycles. The van der Waals surface area contributed by atoms with E-state index < -0.39 is 18.0 Å². The molecule has 1 saturated carbocycles. The maximum Gasteiger partial charge on any atom is 0.341 e. The highest BCUT2D eigenvalue weighted by molar-refractivity contribution is 6.05. The van der Waals surface area contributed by atoms with Crippen LogP contribution in [-0.4, -0.2) is 44.7 Å². The summed E-state index contributed by atoms with van der Waals surface area (Å²) in [7, 11) is 2.88. The third kappa shape index (κ3) is 6.09. The number of nitrogens with zero attached hydrogens (tertiary/aromatic N) is 2. The summed E-state index contributed by atoms with van der Waals surface area (Å²) >= 11 is 0. The Morgan fingerprint density at radius 3 is 2.34 bits per heavy atom. The Kier molecular flexibility index (Phi) is 8.31. The van der Waals surface area contributed by atoms with Crippen LogP contribution in [-0.2, 0) is 14.3 Å². The molecule has 0 heterocycles. The Bertz CT molecular complexity index is 1130. The van der Waals surface area contributed by atoms with E-state index in [4.69, 9.17) is 19.5 Å². The lowest BCUT2D eigenvalue weighted by atomic mass is 10.1. The molecule has 9 nitrogen and oxygen atoms in total. The second kappa shape index (κ2) is 11.4. The van der Waals surface area contributed by atoms with Crippen LogP contribution >= 0.6 is 0 Å². The van der Waals surface area contributed by atoms with Crippen molar-refractivity contribution in [1.82, 2.24) is 0 Å². The summed E-state index contributed by atoms with van der Waals surface area (Å²) in [6.07, 6.45) is -0.253. The fourth-order valence-corrected chi connectivity index (χ4v) is 3.69. The monoisotopic (exact) mass is 479 g/mol. The van der Waals surface area contributed by atoms with Gasteiger partial charge < -0.3 is 24.4 Å². The minimum Gasteiger partial charge on any atom is -0.493 e. The smallest absolute Gasteiger partial charge is 0.341 e. The standard InChI is InChI=1S/C26H29N3O6/c1-16-13-19(16)24(30)28-21-15-23(34-4)22(33-3)14-20(21)26(32)35-17(2)25(31)29(12-8-11-27)18-9-6-5-7-10-18/h5-7,9-10,14-17,19H,8,12-13H2,1-4H3,(H,28,30).